The summed E-state index contributed by atoms with van der Waals surface area (Å²) in [6.07, 6.45) is 0. The summed E-state index contributed by atoms with van der Waals surface area (Å²) in [5.41, 5.74) is 1.54. The maximum absolute atomic E-state index is 12.9. The molecule has 7 nitrogen and oxygen atoms in total. The van der Waals surface area contributed by atoms with E-state index in [0.717, 1.165) is 0 Å². The van der Waals surface area contributed by atoms with Crippen molar-refractivity contribution in [3.05, 3.63) is 71.9 Å². The number of carbonyl (C=O) groups is 1. The van der Waals surface area contributed by atoms with E-state index in [2.05, 4.69) is 10.5 Å². The van der Waals surface area contributed by atoms with Gasteiger partial charge in [0, 0.05) is 18.2 Å². The molecule has 0 saturated heterocycles. The Morgan fingerprint density at radius 2 is 1.78 bits per heavy atom. The molecule has 0 fully saturated rings. The first-order valence-corrected chi connectivity index (χ1v) is 9.78. The third-order valence-electron chi connectivity index (χ3n) is 3.90. The number of carbonyl (C=O) groups excluding carboxylic acids is 1. The molecular weight excluding hydrogens is 366 g/mol. The first-order chi connectivity index (χ1) is 12.9. The lowest BCUT2D eigenvalue weighted by molar-refractivity contribution is 0.102. The van der Waals surface area contributed by atoms with Gasteiger partial charge in [0.1, 0.15) is 0 Å². The normalized spacial score (nSPS) is 11.2. The number of rotatable bonds is 6. The van der Waals surface area contributed by atoms with Crippen molar-refractivity contribution < 1.29 is 17.7 Å². The third kappa shape index (κ3) is 4.01. The van der Waals surface area contributed by atoms with Crippen LogP contribution in [0.4, 0.5) is 11.6 Å². The van der Waals surface area contributed by atoms with Gasteiger partial charge in [-0.25, -0.2) is 8.42 Å². The number of hydrogen-bond acceptors (Lipinski definition) is 5. The van der Waals surface area contributed by atoms with Gasteiger partial charge in [-0.1, -0.05) is 23.4 Å². The average molecular weight is 385 g/mol. The predicted octanol–water partition coefficient (Wildman–Crippen LogP) is 3.45. The molecule has 0 bridgehead atoms. The van der Waals surface area contributed by atoms with E-state index < -0.39 is 15.9 Å². The van der Waals surface area contributed by atoms with Crippen LogP contribution in [0.25, 0.3) is 0 Å². The largest absolute Gasteiger partial charge is 0.338 e. The number of aryl methyl sites for hydroxylation is 1. The SMILES string of the molecule is CCN(c1ccccc1)S(=O)(=O)c1ccc(C(=O)Nc2cc(C)no2)cc1. The molecule has 0 unspecified atom stereocenters. The highest BCUT2D eigenvalue weighted by atomic mass is 32.2. The van der Waals surface area contributed by atoms with Crippen LogP contribution in [0.15, 0.2) is 70.1 Å². The lowest BCUT2D eigenvalue weighted by Crippen LogP contribution is -2.30. The number of sulfonamides is 1. The number of anilines is 2. The van der Waals surface area contributed by atoms with E-state index >= 15 is 0 Å². The Labute approximate surface area is 157 Å². The highest BCUT2D eigenvalue weighted by Crippen LogP contribution is 2.23. The first-order valence-electron chi connectivity index (χ1n) is 8.34. The molecule has 1 N–H and O–H groups in total. The second-order valence-corrected chi connectivity index (χ2v) is 7.68. The van der Waals surface area contributed by atoms with Crippen LogP contribution >= 0.6 is 0 Å². The van der Waals surface area contributed by atoms with Crippen LogP contribution in [0.2, 0.25) is 0 Å². The number of aromatic nitrogens is 1. The maximum Gasteiger partial charge on any atom is 0.264 e. The molecule has 8 heteroatoms. The van der Waals surface area contributed by atoms with Crippen LogP contribution in [0.5, 0.6) is 0 Å². The second kappa shape index (κ2) is 7.63. The zero-order valence-electron chi connectivity index (χ0n) is 14.9. The Morgan fingerprint density at radius 1 is 1.11 bits per heavy atom. The molecule has 0 aliphatic rings. The van der Waals surface area contributed by atoms with Gasteiger partial charge >= 0.3 is 0 Å². The molecule has 0 radical (unpaired) electrons. The van der Waals surface area contributed by atoms with E-state index in [0.29, 0.717) is 23.5 Å². The van der Waals surface area contributed by atoms with Crippen LogP contribution in [0, 0.1) is 6.92 Å². The van der Waals surface area contributed by atoms with E-state index in [4.69, 9.17) is 4.52 Å². The molecule has 0 aliphatic carbocycles. The fraction of sp³-hybridized carbons (Fsp3) is 0.158. The molecule has 140 valence electrons. The van der Waals surface area contributed by atoms with Gasteiger partial charge in [-0.05, 0) is 50.2 Å². The molecule has 1 aromatic heterocycles. The standard InChI is InChI=1S/C19H19N3O4S/c1-3-22(16-7-5-4-6-8-16)27(24,25)17-11-9-15(10-12-17)19(23)20-18-13-14(2)21-26-18/h4-13H,3H2,1-2H3,(H,20,23). The van der Waals surface area contributed by atoms with E-state index in [1.54, 1.807) is 44.2 Å². The summed E-state index contributed by atoms with van der Waals surface area (Å²) < 4.78 is 32.1. The summed E-state index contributed by atoms with van der Waals surface area (Å²) in [7, 11) is -3.73. The summed E-state index contributed by atoms with van der Waals surface area (Å²) in [5, 5.41) is 6.26. The van der Waals surface area contributed by atoms with E-state index in [1.165, 1.54) is 28.6 Å². The molecular formula is C19H19N3O4S. The number of nitrogens with zero attached hydrogens (tertiary/aromatic N) is 2. The van der Waals surface area contributed by atoms with Crippen molar-refractivity contribution in [1.82, 2.24) is 5.16 Å². The minimum absolute atomic E-state index is 0.111. The minimum Gasteiger partial charge on any atom is -0.338 e. The Hall–Kier alpha value is -3.13. The van der Waals surface area contributed by atoms with Crippen LogP contribution in [0.3, 0.4) is 0 Å². The van der Waals surface area contributed by atoms with Gasteiger partial charge in [-0.2, -0.15) is 0 Å². The molecule has 0 saturated carbocycles. The number of benzene rings is 2. The van der Waals surface area contributed by atoms with E-state index in [9.17, 15) is 13.2 Å². The van der Waals surface area contributed by atoms with Crippen LogP contribution < -0.4 is 9.62 Å². The molecule has 1 heterocycles. The summed E-state index contributed by atoms with van der Waals surface area (Å²) >= 11 is 0. The Bertz CT molecular complexity index is 1030. The zero-order valence-corrected chi connectivity index (χ0v) is 15.7. The number of hydrogen-bond donors (Lipinski definition) is 1. The quantitative estimate of drug-likeness (QED) is 0.701. The van der Waals surface area contributed by atoms with Gasteiger partial charge in [0.05, 0.1) is 16.3 Å². The van der Waals surface area contributed by atoms with Gasteiger partial charge in [0.25, 0.3) is 15.9 Å². The topological polar surface area (TPSA) is 92.5 Å². The first kappa shape index (κ1) is 18.7. The van der Waals surface area contributed by atoms with Crippen LogP contribution in [-0.4, -0.2) is 26.0 Å². The molecule has 0 spiro atoms. The number of amides is 1. The van der Waals surface area contributed by atoms with Crippen molar-refractivity contribution in [3.8, 4) is 0 Å². The van der Waals surface area contributed by atoms with Gasteiger partial charge in [-0.3, -0.25) is 14.4 Å². The highest BCUT2D eigenvalue weighted by Gasteiger charge is 2.23. The highest BCUT2D eigenvalue weighted by molar-refractivity contribution is 7.92. The van der Waals surface area contributed by atoms with E-state index in [-0.39, 0.29) is 10.8 Å². The minimum atomic E-state index is -3.73. The predicted molar refractivity (Wildman–Crippen MR) is 102 cm³/mol. The van der Waals surface area contributed by atoms with Gasteiger partial charge in [-0.15, -0.1) is 0 Å². The summed E-state index contributed by atoms with van der Waals surface area (Å²) in [5.74, 6) is -0.180. The van der Waals surface area contributed by atoms with Crippen LogP contribution in [0.1, 0.15) is 23.0 Å². The lowest BCUT2D eigenvalue weighted by Gasteiger charge is -2.22. The maximum atomic E-state index is 12.9. The molecule has 27 heavy (non-hydrogen) atoms. The van der Waals surface area contributed by atoms with E-state index in [1.807, 2.05) is 6.07 Å². The summed E-state index contributed by atoms with van der Waals surface area (Å²) in [6.45, 7) is 3.80. The van der Waals surface area contributed by atoms with Crippen molar-refractivity contribution >= 4 is 27.5 Å². The summed E-state index contributed by atoms with van der Waals surface area (Å²) in [6, 6.07) is 16.2. The number of nitrogens with one attached hydrogen (secondary N) is 1. The Balaban J connectivity index is 1.82. The smallest absolute Gasteiger partial charge is 0.264 e. The zero-order chi connectivity index (χ0) is 19.4. The molecule has 2 aromatic carbocycles. The lowest BCUT2D eigenvalue weighted by atomic mass is 10.2. The fourth-order valence-corrected chi connectivity index (χ4v) is 4.07. The van der Waals surface area contributed by atoms with Crippen molar-refractivity contribution in [1.29, 1.82) is 0 Å². The molecule has 0 aliphatic heterocycles. The average Bonchev–Trinajstić information content (AvgIpc) is 3.08. The summed E-state index contributed by atoms with van der Waals surface area (Å²) in [4.78, 5) is 12.3. The van der Waals surface area contributed by atoms with Crippen molar-refractivity contribution in [2.24, 2.45) is 0 Å². The molecule has 1 amide bonds. The van der Waals surface area contributed by atoms with Crippen molar-refractivity contribution in [3.63, 3.8) is 0 Å². The monoisotopic (exact) mass is 385 g/mol. The molecule has 0 atom stereocenters. The fourth-order valence-electron chi connectivity index (χ4n) is 2.60. The molecule has 3 rings (SSSR count). The second-order valence-electron chi connectivity index (χ2n) is 5.82. The third-order valence-corrected chi connectivity index (χ3v) is 5.82. The number of para-hydroxylation sites is 1. The van der Waals surface area contributed by atoms with Crippen molar-refractivity contribution in [2.75, 3.05) is 16.2 Å². The van der Waals surface area contributed by atoms with Crippen LogP contribution in [-0.2, 0) is 10.0 Å². The van der Waals surface area contributed by atoms with Gasteiger partial charge < -0.3 is 4.52 Å². The Kier molecular flexibility index (Phi) is 5.27. The van der Waals surface area contributed by atoms with Gasteiger partial charge in [0.2, 0.25) is 5.88 Å². The Morgan fingerprint density at radius 3 is 2.33 bits per heavy atom. The molecule has 3 aromatic rings. The van der Waals surface area contributed by atoms with Crippen molar-refractivity contribution in [2.45, 2.75) is 18.7 Å². The van der Waals surface area contributed by atoms with Gasteiger partial charge in [0.15, 0.2) is 0 Å².